The molecule has 0 radical (unpaired) electrons. The van der Waals surface area contributed by atoms with E-state index in [1.165, 1.54) is 0 Å². The van der Waals surface area contributed by atoms with E-state index in [1.807, 2.05) is 43.0 Å². The van der Waals surface area contributed by atoms with Gasteiger partial charge in [-0.3, -0.25) is 9.59 Å². The molecule has 1 aliphatic rings. The zero-order valence-corrected chi connectivity index (χ0v) is 11.1. The zero-order chi connectivity index (χ0) is 14.0. The highest BCUT2D eigenvalue weighted by Crippen LogP contribution is 2.22. The van der Waals surface area contributed by atoms with E-state index in [0.717, 1.165) is 11.3 Å². The Kier molecular flexibility index (Phi) is 3.74. The number of benzene rings is 1. The fraction of sp³-hybridized carbons (Fsp3) is 0.429. The van der Waals surface area contributed by atoms with Crippen LogP contribution >= 0.6 is 0 Å². The number of anilines is 1. The number of hydrogen-bond donors (Lipinski definition) is 2. The van der Waals surface area contributed by atoms with Gasteiger partial charge in [0.2, 0.25) is 5.91 Å². The molecular formula is C14H18N2O3. The molecular weight excluding hydrogens is 244 g/mol. The van der Waals surface area contributed by atoms with Gasteiger partial charge in [-0.1, -0.05) is 17.7 Å². The van der Waals surface area contributed by atoms with Gasteiger partial charge in [-0.05, 0) is 26.0 Å². The summed E-state index contributed by atoms with van der Waals surface area (Å²) in [5.74, 6) is -1.19. The maximum Gasteiger partial charge on any atom is 0.305 e. The van der Waals surface area contributed by atoms with Crippen LogP contribution in [0.5, 0.6) is 0 Å². The number of rotatable bonds is 3. The third-order valence-corrected chi connectivity index (χ3v) is 3.27. The van der Waals surface area contributed by atoms with Crippen LogP contribution < -0.4 is 10.2 Å². The Morgan fingerprint density at radius 3 is 2.63 bits per heavy atom. The van der Waals surface area contributed by atoms with E-state index >= 15 is 0 Å². The third kappa shape index (κ3) is 3.05. The molecule has 0 aliphatic carbocycles. The molecule has 1 aromatic rings. The second-order valence-electron chi connectivity index (χ2n) is 5.01. The number of nitrogens with one attached hydrogen (secondary N) is 1. The molecule has 0 saturated carbocycles. The zero-order valence-electron chi connectivity index (χ0n) is 11.1. The number of carboxylic acids is 1. The van der Waals surface area contributed by atoms with E-state index in [9.17, 15) is 9.59 Å². The van der Waals surface area contributed by atoms with Crippen molar-refractivity contribution in [3.63, 3.8) is 0 Å². The number of hydrogen-bond acceptors (Lipinski definition) is 3. The number of nitrogens with zero attached hydrogens (tertiary/aromatic N) is 1. The molecule has 2 rings (SSSR count). The first kappa shape index (κ1) is 13.4. The first-order chi connectivity index (χ1) is 8.97. The van der Waals surface area contributed by atoms with E-state index < -0.39 is 12.0 Å². The Hall–Kier alpha value is -2.04. The molecule has 2 atom stereocenters. The summed E-state index contributed by atoms with van der Waals surface area (Å²) in [5, 5.41) is 11.8. The maximum absolute atomic E-state index is 12.0. The molecule has 1 fully saturated rings. The van der Waals surface area contributed by atoms with Crippen LogP contribution in [0.2, 0.25) is 0 Å². The van der Waals surface area contributed by atoms with Crippen molar-refractivity contribution in [1.82, 2.24) is 5.32 Å². The first-order valence-electron chi connectivity index (χ1n) is 6.33. The van der Waals surface area contributed by atoms with Crippen molar-refractivity contribution in [3.8, 4) is 0 Å². The van der Waals surface area contributed by atoms with Crippen molar-refractivity contribution in [2.45, 2.75) is 32.4 Å². The Bertz CT molecular complexity index is 484. The minimum absolute atomic E-state index is 0.0128. The molecule has 1 amide bonds. The molecule has 102 valence electrons. The lowest BCUT2D eigenvalue weighted by atomic mass is 10.0. The Morgan fingerprint density at radius 1 is 1.42 bits per heavy atom. The van der Waals surface area contributed by atoms with E-state index in [1.54, 1.807) is 0 Å². The van der Waals surface area contributed by atoms with Crippen LogP contribution in [0, 0.1) is 6.92 Å². The minimum Gasteiger partial charge on any atom is -0.481 e. The van der Waals surface area contributed by atoms with Gasteiger partial charge in [0.15, 0.2) is 0 Å². The second-order valence-corrected chi connectivity index (χ2v) is 5.01. The lowest BCUT2D eigenvalue weighted by Gasteiger charge is -2.39. The molecule has 5 nitrogen and oxygen atoms in total. The van der Waals surface area contributed by atoms with Crippen molar-refractivity contribution in [3.05, 3.63) is 29.8 Å². The van der Waals surface area contributed by atoms with Gasteiger partial charge in [-0.2, -0.15) is 0 Å². The van der Waals surface area contributed by atoms with E-state index in [0.29, 0.717) is 6.54 Å². The van der Waals surface area contributed by atoms with Gasteiger partial charge in [0.25, 0.3) is 0 Å². The molecule has 2 unspecified atom stereocenters. The van der Waals surface area contributed by atoms with Crippen LogP contribution in [0.1, 0.15) is 18.9 Å². The summed E-state index contributed by atoms with van der Waals surface area (Å²) in [4.78, 5) is 24.8. The number of amides is 1. The number of carbonyl (C=O) groups is 2. The fourth-order valence-corrected chi connectivity index (χ4v) is 2.34. The molecule has 1 aromatic carbocycles. The standard InChI is InChI=1S/C14H18N2O3/c1-9-3-5-11(6-4-9)16-8-10(2)15-14(19)12(16)7-13(17)18/h3-6,10,12H,7-8H2,1-2H3,(H,15,19)(H,17,18). The smallest absolute Gasteiger partial charge is 0.305 e. The number of carbonyl (C=O) groups excluding carboxylic acids is 1. The monoisotopic (exact) mass is 262 g/mol. The highest BCUT2D eigenvalue weighted by Gasteiger charge is 2.34. The lowest BCUT2D eigenvalue weighted by molar-refractivity contribution is -0.140. The topological polar surface area (TPSA) is 69.6 Å². The first-order valence-corrected chi connectivity index (χ1v) is 6.33. The Morgan fingerprint density at radius 2 is 2.05 bits per heavy atom. The number of piperazine rings is 1. The maximum atomic E-state index is 12.0. The highest BCUT2D eigenvalue weighted by atomic mass is 16.4. The summed E-state index contributed by atoms with van der Waals surface area (Å²) in [5.41, 5.74) is 2.02. The largest absolute Gasteiger partial charge is 0.481 e. The van der Waals surface area contributed by atoms with Crippen LogP contribution in [0.25, 0.3) is 0 Å². The summed E-state index contributed by atoms with van der Waals surface area (Å²) >= 11 is 0. The van der Waals surface area contributed by atoms with Crippen LogP contribution in [0.4, 0.5) is 5.69 Å². The van der Waals surface area contributed by atoms with Crippen molar-refractivity contribution in [2.24, 2.45) is 0 Å². The summed E-state index contributed by atoms with van der Waals surface area (Å²) in [7, 11) is 0. The van der Waals surface area contributed by atoms with Crippen LogP contribution in [-0.4, -0.2) is 35.6 Å². The molecule has 5 heteroatoms. The van der Waals surface area contributed by atoms with Gasteiger partial charge in [0.05, 0.1) is 6.42 Å². The van der Waals surface area contributed by atoms with Gasteiger partial charge in [0, 0.05) is 18.3 Å². The molecule has 1 aliphatic heterocycles. The van der Waals surface area contributed by atoms with Gasteiger partial charge in [0.1, 0.15) is 6.04 Å². The lowest BCUT2D eigenvalue weighted by Crippen LogP contribution is -2.60. The summed E-state index contributed by atoms with van der Waals surface area (Å²) in [6.07, 6.45) is -0.188. The van der Waals surface area contributed by atoms with E-state index in [-0.39, 0.29) is 18.4 Å². The highest BCUT2D eigenvalue weighted by molar-refractivity contribution is 5.90. The van der Waals surface area contributed by atoms with Crippen LogP contribution in [0.3, 0.4) is 0 Å². The number of aryl methyl sites for hydroxylation is 1. The van der Waals surface area contributed by atoms with Gasteiger partial charge >= 0.3 is 5.97 Å². The number of carboxylic acid groups (broad SMARTS) is 1. The molecule has 0 spiro atoms. The van der Waals surface area contributed by atoms with Crippen LogP contribution in [-0.2, 0) is 9.59 Å². The second kappa shape index (κ2) is 5.30. The molecule has 1 heterocycles. The molecule has 0 aromatic heterocycles. The normalized spacial score (nSPS) is 23.1. The summed E-state index contributed by atoms with van der Waals surface area (Å²) < 4.78 is 0. The molecule has 1 saturated heterocycles. The van der Waals surface area contributed by atoms with Crippen molar-refractivity contribution < 1.29 is 14.7 Å². The average Bonchev–Trinajstić information content (AvgIpc) is 2.33. The molecule has 0 bridgehead atoms. The van der Waals surface area contributed by atoms with Gasteiger partial charge < -0.3 is 15.3 Å². The summed E-state index contributed by atoms with van der Waals surface area (Å²) in [6, 6.07) is 7.15. The molecule has 19 heavy (non-hydrogen) atoms. The Balaban J connectivity index is 2.29. The molecule has 2 N–H and O–H groups in total. The fourth-order valence-electron chi connectivity index (χ4n) is 2.34. The summed E-state index contributed by atoms with van der Waals surface area (Å²) in [6.45, 7) is 4.52. The van der Waals surface area contributed by atoms with Crippen molar-refractivity contribution >= 4 is 17.6 Å². The third-order valence-electron chi connectivity index (χ3n) is 3.27. The predicted octanol–water partition coefficient (Wildman–Crippen LogP) is 1.16. The predicted molar refractivity (Wildman–Crippen MR) is 72.2 cm³/mol. The average molecular weight is 262 g/mol. The van der Waals surface area contributed by atoms with E-state index in [2.05, 4.69) is 5.32 Å². The minimum atomic E-state index is -0.966. The van der Waals surface area contributed by atoms with Crippen LogP contribution in [0.15, 0.2) is 24.3 Å². The quantitative estimate of drug-likeness (QED) is 0.857. The number of aliphatic carboxylic acids is 1. The van der Waals surface area contributed by atoms with Gasteiger partial charge in [-0.25, -0.2) is 0 Å². The van der Waals surface area contributed by atoms with Crippen molar-refractivity contribution in [1.29, 1.82) is 0 Å². The van der Waals surface area contributed by atoms with Crippen molar-refractivity contribution in [2.75, 3.05) is 11.4 Å². The Labute approximate surface area is 112 Å². The SMILES string of the molecule is Cc1ccc(N2CC(C)NC(=O)C2CC(=O)O)cc1. The van der Waals surface area contributed by atoms with Gasteiger partial charge in [-0.15, -0.1) is 0 Å². The van der Waals surface area contributed by atoms with E-state index in [4.69, 9.17) is 5.11 Å².